The molecule has 1 aliphatic rings. The van der Waals surface area contributed by atoms with Gasteiger partial charge in [0.1, 0.15) is 5.82 Å². The molecule has 1 heterocycles. The SMILES string of the molecule is NNC(=O)c1cc([N+](=O)[O-])c(N2CCN(c3ccc(F)cc3)CC2)c([N+](=O)[O-])c1. The lowest BCUT2D eigenvalue weighted by molar-refractivity contribution is -0.392. The number of nitrogens with one attached hydrogen (secondary N) is 1. The number of anilines is 2. The van der Waals surface area contributed by atoms with Crippen LogP contribution in [0.1, 0.15) is 10.4 Å². The van der Waals surface area contributed by atoms with Crippen molar-refractivity contribution in [1.82, 2.24) is 5.43 Å². The Morgan fingerprint density at radius 3 is 1.90 bits per heavy atom. The average molecular weight is 404 g/mol. The van der Waals surface area contributed by atoms with E-state index in [9.17, 15) is 29.4 Å². The largest absolute Gasteiger partial charge is 0.368 e. The second-order valence-electron chi connectivity index (χ2n) is 6.30. The normalized spacial score (nSPS) is 13.9. The zero-order chi connectivity index (χ0) is 21.1. The highest BCUT2D eigenvalue weighted by molar-refractivity contribution is 5.97. The number of rotatable bonds is 5. The molecule has 0 spiro atoms. The van der Waals surface area contributed by atoms with Gasteiger partial charge in [-0.1, -0.05) is 0 Å². The van der Waals surface area contributed by atoms with Crippen LogP contribution in [0, 0.1) is 26.0 Å². The lowest BCUT2D eigenvalue weighted by Gasteiger charge is -2.36. The number of amides is 1. The third-order valence-electron chi connectivity index (χ3n) is 4.64. The van der Waals surface area contributed by atoms with Crippen LogP contribution in [0.5, 0.6) is 0 Å². The number of carbonyl (C=O) groups excluding carboxylic acids is 1. The van der Waals surface area contributed by atoms with Gasteiger partial charge in [-0.15, -0.1) is 0 Å². The number of piperazine rings is 1. The second kappa shape index (κ2) is 8.06. The van der Waals surface area contributed by atoms with Crippen LogP contribution in [-0.4, -0.2) is 41.9 Å². The maximum atomic E-state index is 13.1. The lowest BCUT2D eigenvalue weighted by Crippen LogP contribution is -2.47. The summed E-state index contributed by atoms with van der Waals surface area (Å²) in [7, 11) is 0. The molecule has 1 amide bonds. The number of hydrogen-bond acceptors (Lipinski definition) is 8. The van der Waals surface area contributed by atoms with Gasteiger partial charge in [-0.3, -0.25) is 30.4 Å². The van der Waals surface area contributed by atoms with Gasteiger partial charge < -0.3 is 9.80 Å². The van der Waals surface area contributed by atoms with Crippen molar-refractivity contribution < 1.29 is 19.0 Å². The van der Waals surface area contributed by atoms with Crippen LogP contribution >= 0.6 is 0 Å². The van der Waals surface area contributed by atoms with Crippen LogP contribution < -0.4 is 21.1 Å². The fourth-order valence-corrected chi connectivity index (χ4v) is 3.26. The van der Waals surface area contributed by atoms with E-state index in [1.807, 2.05) is 10.3 Å². The Morgan fingerprint density at radius 2 is 1.45 bits per heavy atom. The Balaban J connectivity index is 1.93. The van der Waals surface area contributed by atoms with Gasteiger partial charge in [0.05, 0.1) is 15.4 Å². The van der Waals surface area contributed by atoms with Crippen molar-refractivity contribution in [2.24, 2.45) is 5.84 Å². The van der Waals surface area contributed by atoms with E-state index in [0.717, 1.165) is 17.8 Å². The number of nitro groups is 2. The van der Waals surface area contributed by atoms with E-state index in [4.69, 9.17) is 5.84 Å². The topological polar surface area (TPSA) is 148 Å². The maximum Gasteiger partial charge on any atom is 0.300 e. The first-order valence-electron chi connectivity index (χ1n) is 8.55. The molecule has 1 fully saturated rings. The summed E-state index contributed by atoms with van der Waals surface area (Å²) in [5.41, 5.74) is 1.06. The van der Waals surface area contributed by atoms with Crippen LogP contribution in [0.2, 0.25) is 0 Å². The summed E-state index contributed by atoms with van der Waals surface area (Å²) in [6, 6.07) is 7.84. The summed E-state index contributed by atoms with van der Waals surface area (Å²) >= 11 is 0. The molecule has 2 aromatic carbocycles. The predicted molar refractivity (Wildman–Crippen MR) is 102 cm³/mol. The van der Waals surface area contributed by atoms with Crippen LogP contribution in [0.25, 0.3) is 0 Å². The molecule has 29 heavy (non-hydrogen) atoms. The number of nitro benzene ring substituents is 2. The number of hydrogen-bond donors (Lipinski definition) is 2. The highest BCUT2D eigenvalue weighted by atomic mass is 19.1. The second-order valence-corrected chi connectivity index (χ2v) is 6.30. The molecular formula is C17H17FN6O5. The molecule has 1 aliphatic heterocycles. The fraction of sp³-hybridized carbons (Fsp3) is 0.235. The van der Waals surface area contributed by atoms with Crippen molar-refractivity contribution in [1.29, 1.82) is 0 Å². The molecule has 152 valence electrons. The molecule has 11 nitrogen and oxygen atoms in total. The molecule has 0 atom stereocenters. The van der Waals surface area contributed by atoms with E-state index < -0.39 is 27.1 Å². The fourth-order valence-electron chi connectivity index (χ4n) is 3.26. The molecule has 2 aromatic rings. The smallest absolute Gasteiger partial charge is 0.300 e. The van der Waals surface area contributed by atoms with E-state index in [1.54, 1.807) is 17.0 Å². The standard InChI is InChI=1S/C17H17FN6O5/c18-12-1-3-13(4-2-12)21-5-7-22(8-6-21)16-14(23(26)27)9-11(17(25)20-19)10-15(16)24(28)29/h1-4,9-10H,5-8,19H2,(H,20,25). The third-order valence-corrected chi connectivity index (χ3v) is 4.64. The number of carbonyl (C=O) groups is 1. The zero-order valence-electron chi connectivity index (χ0n) is 15.1. The first-order valence-corrected chi connectivity index (χ1v) is 8.55. The van der Waals surface area contributed by atoms with Gasteiger partial charge in [0.25, 0.3) is 17.3 Å². The van der Waals surface area contributed by atoms with Crippen molar-refractivity contribution in [3.05, 3.63) is 68.0 Å². The molecule has 3 N–H and O–H groups in total. The van der Waals surface area contributed by atoms with Gasteiger partial charge in [0, 0.05) is 44.0 Å². The molecule has 0 saturated carbocycles. The highest BCUT2D eigenvalue weighted by Gasteiger charge is 2.34. The molecule has 0 radical (unpaired) electrons. The summed E-state index contributed by atoms with van der Waals surface area (Å²) in [4.78, 5) is 36.8. The summed E-state index contributed by atoms with van der Waals surface area (Å²) in [6.07, 6.45) is 0. The number of nitrogen functional groups attached to an aromatic ring is 1. The van der Waals surface area contributed by atoms with E-state index in [-0.39, 0.29) is 30.2 Å². The van der Waals surface area contributed by atoms with Gasteiger partial charge in [0.15, 0.2) is 5.69 Å². The molecule has 0 unspecified atom stereocenters. The van der Waals surface area contributed by atoms with Gasteiger partial charge in [-0.05, 0) is 24.3 Å². The van der Waals surface area contributed by atoms with Crippen LogP contribution in [0.15, 0.2) is 36.4 Å². The van der Waals surface area contributed by atoms with Crippen molar-refractivity contribution in [3.63, 3.8) is 0 Å². The lowest BCUT2D eigenvalue weighted by atomic mass is 10.1. The van der Waals surface area contributed by atoms with Gasteiger partial charge in [0.2, 0.25) is 0 Å². The van der Waals surface area contributed by atoms with E-state index >= 15 is 0 Å². The minimum atomic E-state index is -0.871. The number of halogens is 1. The zero-order valence-corrected chi connectivity index (χ0v) is 15.1. The minimum absolute atomic E-state index is 0.160. The summed E-state index contributed by atoms with van der Waals surface area (Å²) < 4.78 is 13.1. The molecule has 0 aromatic heterocycles. The summed E-state index contributed by atoms with van der Waals surface area (Å²) in [5, 5.41) is 23.1. The molecule has 3 rings (SSSR count). The molecule has 1 saturated heterocycles. The third kappa shape index (κ3) is 4.06. The van der Waals surface area contributed by atoms with E-state index in [0.29, 0.717) is 13.1 Å². The van der Waals surface area contributed by atoms with Crippen molar-refractivity contribution in [2.75, 3.05) is 36.0 Å². The highest BCUT2D eigenvalue weighted by Crippen LogP contribution is 2.39. The number of nitrogens with zero attached hydrogens (tertiary/aromatic N) is 4. The Morgan fingerprint density at radius 1 is 0.966 bits per heavy atom. The van der Waals surface area contributed by atoms with Crippen LogP contribution in [0.3, 0.4) is 0 Å². The molecule has 0 aliphatic carbocycles. The first kappa shape index (κ1) is 19.9. The van der Waals surface area contributed by atoms with Gasteiger partial charge in [-0.2, -0.15) is 0 Å². The molecule has 12 heteroatoms. The Hall–Kier alpha value is -3.80. The number of benzene rings is 2. The van der Waals surface area contributed by atoms with Crippen molar-refractivity contribution in [2.45, 2.75) is 0 Å². The number of nitrogens with two attached hydrogens (primary N) is 1. The van der Waals surface area contributed by atoms with Crippen molar-refractivity contribution >= 4 is 28.7 Å². The minimum Gasteiger partial charge on any atom is -0.368 e. The Kier molecular flexibility index (Phi) is 5.54. The van der Waals surface area contributed by atoms with Crippen LogP contribution in [0.4, 0.5) is 27.1 Å². The van der Waals surface area contributed by atoms with E-state index in [2.05, 4.69) is 0 Å². The van der Waals surface area contributed by atoms with Crippen molar-refractivity contribution in [3.8, 4) is 0 Å². The van der Waals surface area contributed by atoms with E-state index in [1.165, 1.54) is 12.1 Å². The predicted octanol–water partition coefficient (Wildman–Crippen LogP) is 1.57. The summed E-state index contributed by atoms with van der Waals surface area (Å²) in [6.45, 7) is 1.37. The molecule has 0 bridgehead atoms. The Bertz CT molecular complexity index is 924. The summed E-state index contributed by atoms with van der Waals surface area (Å²) in [5.74, 6) is 3.81. The number of hydrazine groups is 1. The average Bonchev–Trinajstić information content (AvgIpc) is 2.72. The van der Waals surface area contributed by atoms with Crippen LogP contribution in [-0.2, 0) is 0 Å². The Labute approximate surface area is 163 Å². The molecular weight excluding hydrogens is 387 g/mol. The van der Waals surface area contributed by atoms with Gasteiger partial charge >= 0.3 is 0 Å². The monoisotopic (exact) mass is 404 g/mol. The first-order chi connectivity index (χ1) is 13.8. The maximum absolute atomic E-state index is 13.1. The van der Waals surface area contributed by atoms with Gasteiger partial charge in [-0.25, -0.2) is 10.2 Å². The quantitative estimate of drug-likeness (QED) is 0.330.